The van der Waals surface area contributed by atoms with E-state index in [0.29, 0.717) is 37.7 Å². The molecule has 0 saturated heterocycles. The van der Waals surface area contributed by atoms with Crippen LogP contribution in [-0.4, -0.2) is 16.1 Å². The first-order chi connectivity index (χ1) is 13.5. The number of carbonyl (C=O) groups is 1. The number of benzene rings is 2. The summed E-state index contributed by atoms with van der Waals surface area (Å²) in [7, 11) is 0. The van der Waals surface area contributed by atoms with Gasteiger partial charge in [0.15, 0.2) is 0 Å². The van der Waals surface area contributed by atoms with Crippen LogP contribution in [0.15, 0.2) is 59.0 Å². The molecule has 1 N–H and O–H groups in total. The Morgan fingerprint density at radius 2 is 1.96 bits per heavy atom. The zero-order chi connectivity index (χ0) is 19.7. The summed E-state index contributed by atoms with van der Waals surface area (Å²) in [6, 6.07) is 16.4. The van der Waals surface area contributed by atoms with Crippen LogP contribution in [0.4, 0.5) is 0 Å². The maximum absolute atomic E-state index is 11.4. The van der Waals surface area contributed by atoms with Gasteiger partial charge in [-0.05, 0) is 48.5 Å². The summed E-state index contributed by atoms with van der Waals surface area (Å²) in [6.07, 6.45) is 1.54. The Balaban J connectivity index is 1.74. The quantitative estimate of drug-likeness (QED) is 0.375. The monoisotopic (exact) mass is 429 g/mol. The van der Waals surface area contributed by atoms with Crippen LogP contribution in [0.1, 0.15) is 17.2 Å². The van der Waals surface area contributed by atoms with E-state index in [2.05, 4.69) is 4.98 Å². The Labute approximate surface area is 174 Å². The molecule has 4 nitrogen and oxygen atoms in total. The molecule has 4 aromatic rings. The number of halogens is 2. The Kier molecular flexibility index (Phi) is 5.22. The predicted octanol–water partition coefficient (Wildman–Crippen LogP) is 6.88. The van der Waals surface area contributed by atoms with Crippen LogP contribution < -0.4 is 0 Å². The highest BCUT2D eigenvalue weighted by Gasteiger charge is 2.14. The lowest BCUT2D eigenvalue weighted by Gasteiger charge is -2.02. The molecule has 0 amide bonds. The van der Waals surface area contributed by atoms with E-state index in [4.69, 9.17) is 27.6 Å². The minimum absolute atomic E-state index is 0.159. The van der Waals surface area contributed by atoms with E-state index < -0.39 is 5.97 Å². The molecule has 4 rings (SSSR count). The first-order valence-corrected chi connectivity index (χ1v) is 9.90. The molecule has 0 atom stereocenters. The van der Waals surface area contributed by atoms with Gasteiger partial charge in [-0.15, -0.1) is 11.3 Å². The molecule has 0 aliphatic carbocycles. The number of thiazole rings is 1. The van der Waals surface area contributed by atoms with E-state index in [0.717, 1.165) is 10.2 Å². The molecule has 7 heteroatoms. The minimum atomic E-state index is -0.935. The molecule has 0 bridgehead atoms. The summed E-state index contributed by atoms with van der Waals surface area (Å²) in [6.45, 7) is 0. The summed E-state index contributed by atoms with van der Waals surface area (Å²) in [5.74, 6) is 0.134. The van der Waals surface area contributed by atoms with Crippen molar-refractivity contribution in [1.29, 1.82) is 0 Å². The standard InChI is InChI=1S/C21H13Cl2NO3S/c22-13-5-7-16(23)15(11-13)18-8-6-14(27-18)9-12(10-20(25)26)21-24-17-3-1-2-4-19(17)28-21/h1-9,11H,10H2,(H,25,26)/b12-9-. The fourth-order valence-corrected chi connectivity index (χ4v) is 4.16. The number of fused-ring (bicyclic) bond motifs is 1. The van der Waals surface area contributed by atoms with E-state index >= 15 is 0 Å². The summed E-state index contributed by atoms with van der Waals surface area (Å²) < 4.78 is 6.88. The van der Waals surface area contributed by atoms with Gasteiger partial charge in [-0.3, -0.25) is 4.79 Å². The van der Waals surface area contributed by atoms with Crippen molar-refractivity contribution >= 4 is 62.4 Å². The first-order valence-electron chi connectivity index (χ1n) is 8.33. The number of aromatic nitrogens is 1. The van der Waals surface area contributed by atoms with E-state index in [1.807, 2.05) is 24.3 Å². The number of furan rings is 1. The van der Waals surface area contributed by atoms with Gasteiger partial charge < -0.3 is 9.52 Å². The van der Waals surface area contributed by atoms with E-state index in [1.54, 1.807) is 36.4 Å². The lowest BCUT2D eigenvalue weighted by molar-refractivity contribution is -0.135. The van der Waals surface area contributed by atoms with E-state index in [1.165, 1.54) is 11.3 Å². The van der Waals surface area contributed by atoms with Crippen molar-refractivity contribution in [1.82, 2.24) is 4.98 Å². The summed E-state index contributed by atoms with van der Waals surface area (Å²) in [5, 5.41) is 11.0. The Bertz CT molecular complexity index is 1180. The average molecular weight is 430 g/mol. The first kappa shape index (κ1) is 18.7. The highest BCUT2D eigenvalue weighted by atomic mass is 35.5. The maximum atomic E-state index is 11.4. The van der Waals surface area contributed by atoms with Crippen LogP contribution in [0.3, 0.4) is 0 Å². The third-order valence-corrected chi connectivity index (χ3v) is 5.72. The highest BCUT2D eigenvalue weighted by molar-refractivity contribution is 7.19. The van der Waals surface area contributed by atoms with Crippen molar-refractivity contribution in [3.8, 4) is 11.3 Å². The van der Waals surface area contributed by atoms with Crippen molar-refractivity contribution in [2.45, 2.75) is 6.42 Å². The second-order valence-corrected chi connectivity index (χ2v) is 7.93. The van der Waals surface area contributed by atoms with Crippen LogP contribution in [0, 0.1) is 0 Å². The Morgan fingerprint density at radius 3 is 2.75 bits per heavy atom. The van der Waals surface area contributed by atoms with Crippen LogP contribution in [0.5, 0.6) is 0 Å². The van der Waals surface area contributed by atoms with Crippen LogP contribution in [0.25, 0.3) is 33.2 Å². The van der Waals surface area contributed by atoms with Gasteiger partial charge in [0.1, 0.15) is 16.5 Å². The molecule has 2 heterocycles. The molecular weight excluding hydrogens is 417 g/mol. The third-order valence-electron chi connectivity index (χ3n) is 4.05. The van der Waals surface area contributed by atoms with Gasteiger partial charge in [-0.2, -0.15) is 0 Å². The average Bonchev–Trinajstić information content (AvgIpc) is 3.29. The van der Waals surface area contributed by atoms with Gasteiger partial charge in [-0.1, -0.05) is 35.3 Å². The molecule has 0 saturated carbocycles. The van der Waals surface area contributed by atoms with Crippen LogP contribution >= 0.6 is 34.5 Å². The SMILES string of the molecule is O=C(O)C/C(=C/c1ccc(-c2cc(Cl)ccc2Cl)o1)c1nc2ccccc2s1. The van der Waals surface area contributed by atoms with Crippen molar-refractivity contribution in [3.63, 3.8) is 0 Å². The molecule has 0 unspecified atom stereocenters. The molecule has 0 aliphatic rings. The summed E-state index contributed by atoms with van der Waals surface area (Å²) >= 11 is 13.7. The van der Waals surface area contributed by atoms with Crippen molar-refractivity contribution < 1.29 is 14.3 Å². The van der Waals surface area contributed by atoms with E-state index in [-0.39, 0.29) is 6.42 Å². The summed E-state index contributed by atoms with van der Waals surface area (Å²) in [5.41, 5.74) is 2.09. The number of carboxylic acid groups (broad SMARTS) is 1. The van der Waals surface area contributed by atoms with Gasteiger partial charge in [0.2, 0.25) is 0 Å². The predicted molar refractivity (Wildman–Crippen MR) is 114 cm³/mol. The largest absolute Gasteiger partial charge is 0.481 e. The molecular formula is C21H13Cl2NO3S. The number of hydrogen-bond acceptors (Lipinski definition) is 4. The molecule has 0 radical (unpaired) electrons. The lowest BCUT2D eigenvalue weighted by Crippen LogP contribution is -1.96. The molecule has 140 valence electrons. The maximum Gasteiger partial charge on any atom is 0.307 e. The van der Waals surface area contributed by atoms with Crippen LogP contribution in [-0.2, 0) is 4.79 Å². The number of nitrogens with zero attached hydrogens (tertiary/aromatic N) is 1. The fraction of sp³-hybridized carbons (Fsp3) is 0.0476. The van der Waals surface area contributed by atoms with Gasteiger partial charge in [0.05, 0.1) is 21.7 Å². The van der Waals surface area contributed by atoms with Crippen molar-refractivity contribution in [2.24, 2.45) is 0 Å². The normalized spacial score (nSPS) is 11.9. The minimum Gasteiger partial charge on any atom is -0.481 e. The molecule has 28 heavy (non-hydrogen) atoms. The fourth-order valence-electron chi connectivity index (χ4n) is 2.79. The molecule has 2 aromatic carbocycles. The zero-order valence-electron chi connectivity index (χ0n) is 14.4. The van der Waals surface area contributed by atoms with Crippen molar-refractivity contribution in [3.05, 3.63) is 75.4 Å². The smallest absolute Gasteiger partial charge is 0.307 e. The lowest BCUT2D eigenvalue weighted by atomic mass is 10.1. The third kappa shape index (κ3) is 3.97. The molecule has 0 fully saturated rings. The van der Waals surface area contributed by atoms with Gasteiger partial charge >= 0.3 is 5.97 Å². The van der Waals surface area contributed by atoms with Gasteiger partial charge in [0, 0.05) is 16.2 Å². The van der Waals surface area contributed by atoms with Crippen molar-refractivity contribution in [2.75, 3.05) is 0 Å². The number of rotatable bonds is 5. The highest BCUT2D eigenvalue weighted by Crippen LogP contribution is 2.34. The topological polar surface area (TPSA) is 63.3 Å². The van der Waals surface area contributed by atoms with Gasteiger partial charge in [0.25, 0.3) is 0 Å². The second-order valence-electron chi connectivity index (χ2n) is 6.05. The second kappa shape index (κ2) is 7.80. The molecule has 0 spiro atoms. The van der Waals surface area contributed by atoms with E-state index in [9.17, 15) is 9.90 Å². The van der Waals surface area contributed by atoms with Gasteiger partial charge in [-0.25, -0.2) is 4.98 Å². The molecule has 0 aliphatic heterocycles. The summed E-state index contributed by atoms with van der Waals surface area (Å²) in [4.78, 5) is 15.9. The number of hydrogen-bond donors (Lipinski definition) is 1. The van der Waals surface area contributed by atoms with Crippen LogP contribution in [0.2, 0.25) is 10.0 Å². The molecule has 2 aromatic heterocycles. The Morgan fingerprint density at radius 1 is 1.14 bits per heavy atom. The number of para-hydroxylation sites is 1. The number of carboxylic acids is 1. The zero-order valence-corrected chi connectivity index (χ0v) is 16.7. The Hall–Kier alpha value is -2.60. The number of aliphatic carboxylic acids is 1.